The molecule has 6 rings (SSSR count). The van der Waals surface area contributed by atoms with Crippen LogP contribution in [0.2, 0.25) is 0 Å². The number of benzene rings is 3. The van der Waals surface area contributed by atoms with Crippen LogP contribution in [0.3, 0.4) is 0 Å². The minimum atomic E-state index is -4.86. The molecular weight excluding hydrogens is 676 g/mol. The molecule has 0 radical (unpaired) electrons. The maximum absolute atomic E-state index is 13.9. The number of ether oxygens (including phenoxy) is 2. The van der Waals surface area contributed by atoms with Gasteiger partial charge in [0, 0.05) is 31.2 Å². The van der Waals surface area contributed by atoms with E-state index >= 15 is 0 Å². The Morgan fingerprint density at radius 1 is 0.880 bits per heavy atom. The topological polar surface area (TPSA) is 59.1 Å². The first kappa shape index (κ1) is 35.8. The summed E-state index contributed by atoms with van der Waals surface area (Å²) >= 11 is 0. The van der Waals surface area contributed by atoms with Crippen molar-refractivity contribution < 1.29 is 54.2 Å². The van der Waals surface area contributed by atoms with Crippen molar-refractivity contribution in [2.45, 2.75) is 63.3 Å². The molecule has 2 heterocycles. The average Bonchev–Trinajstić information content (AvgIpc) is 3.07. The second-order valence-electron chi connectivity index (χ2n) is 13.0. The van der Waals surface area contributed by atoms with Crippen LogP contribution in [0, 0.1) is 29.4 Å². The van der Waals surface area contributed by atoms with E-state index in [0.717, 1.165) is 24.3 Å². The molecule has 0 aromatic heterocycles. The predicted octanol–water partition coefficient (Wildman–Crippen LogP) is 8.09. The van der Waals surface area contributed by atoms with E-state index in [0.29, 0.717) is 55.7 Å². The quantitative estimate of drug-likeness (QED) is 0.191. The number of esters is 1. The maximum Gasteiger partial charge on any atom is 0.416 e. The van der Waals surface area contributed by atoms with Crippen molar-refractivity contribution in [3.05, 3.63) is 100 Å². The molecule has 50 heavy (non-hydrogen) atoms. The molecule has 268 valence electrons. The number of anilines is 1. The molecule has 1 saturated heterocycles. The molecule has 2 fully saturated rings. The molecule has 1 saturated carbocycles. The average molecular weight is 711 g/mol. The fourth-order valence-electron chi connectivity index (χ4n) is 7.92. The molecule has 1 amide bonds. The van der Waals surface area contributed by atoms with Crippen LogP contribution in [0.5, 0.6) is 0 Å². The molecule has 6 nitrogen and oxygen atoms in total. The van der Waals surface area contributed by atoms with E-state index in [4.69, 9.17) is 9.47 Å². The smallest absolute Gasteiger partial charge is 0.416 e. The Kier molecular flexibility index (Phi) is 9.97. The fraction of sp³-hybridized carbons (Fsp3) is 0.444. The molecule has 3 aromatic rings. The summed E-state index contributed by atoms with van der Waals surface area (Å²) in [4.78, 5) is 30.4. The van der Waals surface area contributed by atoms with Crippen LogP contribution in [0.25, 0.3) is 0 Å². The third-order valence-electron chi connectivity index (χ3n) is 10.2. The summed E-state index contributed by atoms with van der Waals surface area (Å²) in [6.45, 7) is -0.179. The van der Waals surface area contributed by atoms with Crippen LogP contribution >= 0.6 is 0 Å². The number of nitrogens with zero attached hydrogens (tertiary/aromatic N) is 2. The van der Waals surface area contributed by atoms with Gasteiger partial charge >= 0.3 is 18.3 Å². The minimum absolute atomic E-state index is 0.00383. The Balaban J connectivity index is 1.30. The number of amides is 1. The molecule has 14 heteroatoms. The largest absolute Gasteiger partial charge is 0.469 e. The zero-order chi connectivity index (χ0) is 36.0. The van der Waals surface area contributed by atoms with Crippen LogP contribution in [0.1, 0.15) is 59.5 Å². The monoisotopic (exact) mass is 710 g/mol. The molecule has 3 aromatic carbocycles. The van der Waals surface area contributed by atoms with Crippen LogP contribution in [0.4, 0.5) is 40.8 Å². The third-order valence-corrected chi connectivity index (χ3v) is 10.2. The van der Waals surface area contributed by atoms with E-state index in [1.807, 2.05) is 0 Å². The molecule has 0 spiro atoms. The lowest BCUT2D eigenvalue weighted by Gasteiger charge is -2.51. The van der Waals surface area contributed by atoms with E-state index in [-0.39, 0.29) is 35.4 Å². The van der Waals surface area contributed by atoms with Gasteiger partial charge in [0.05, 0.1) is 43.4 Å². The molecule has 0 unspecified atom stereocenters. The number of para-hydroxylation sites is 1. The Morgan fingerprint density at radius 2 is 1.52 bits per heavy atom. The summed E-state index contributed by atoms with van der Waals surface area (Å²) in [5.41, 5.74) is -1.84. The van der Waals surface area contributed by atoms with Crippen molar-refractivity contribution in [1.29, 1.82) is 0 Å². The van der Waals surface area contributed by atoms with Crippen molar-refractivity contribution in [3.63, 3.8) is 0 Å². The van der Waals surface area contributed by atoms with E-state index < -0.39 is 72.2 Å². The number of hydrogen-bond donors (Lipinski definition) is 0. The van der Waals surface area contributed by atoms with Gasteiger partial charge in [-0.15, -0.1) is 0 Å². The Bertz CT molecular complexity index is 1750. The molecule has 2 aliphatic heterocycles. The summed E-state index contributed by atoms with van der Waals surface area (Å²) in [5.74, 6) is -4.32. The van der Waals surface area contributed by atoms with Crippen LogP contribution < -0.4 is 4.90 Å². The Hall–Kier alpha value is -4.04. The lowest BCUT2D eigenvalue weighted by Crippen LogP contribution is -2.53. The van der Waals surface area contributed by atoms with Gasteiger partial charge in [0.2, 0.25) is 5.91 Å². The first-order valence-corrected chi connectivity index (χ1v) is 16.2. The number of carbonyl (C=O) groups excluding carboxylic acids is 2. The summed E-state index contributed by atoms with van der Waals surface area (Å²) < 4.78 is 122. The van der Waals surface area contributed by atoms with Gasteiger partial charge in [0.15, 0.2) is 0 Å². The van der Waals surface area contributed by atoms with E-state index in [1.54, 1.807) is 24.3 Å². The van der Waals surface area contributed by atoms with Crippen molar-refractivity contribution in [1.82, 2.24) is 4.90 Å². The van der Waals surface area contributed by atoms with Crippen molar-refractivity contribution >= 4 is 17.6 Å². The van der Waals surface area contributed by atoms with Gasteiger partial charge in [-0.3, -0.25) is 14.5 Å². The summed E-state index contributed by atoms with van der Waals surface area (Å²) in [5, 5.41) is 0. The number of piperidine rings is 1. The van der Waals surface area contributed by atoms with E-state index in [1.165, 1.54) is 12.0 Å². The number of methoxy groups -OCH3 is 1. The van der Waals surface area contributed by atoms with E-state index in [9.17, 15) is 44.7 Å². The van der Waals surface area contributed by atoms with Crippen molar-refractivity contribution in [2.75, 3.05) is 25.1 Å². The third kappa shape index (κ3) is 7.23. The highest BCUT2D eigenvalue weighted by Gasteiger charge is 2.50. The summed E-state index contributed by atoms with van der Waals surface area (Å²) in [6, 6.07) is 11.2. The molecule has 0 bridgehead atoms. The molecule has 3 aliphatic rings. The van der Waals surface area contributed by atoms with Gasteiger partial charge < -0.3 is 14.4 Å². The van der Waals surface area contributed by atoms with Crippen molar-refractivity contribution in [2.24, 2.45) is 17.8 Å². The molecule has 0 N–H and O–H groups in total. The number of hydrogen-bond acceptors (Lipinski definition) is 5. The second kappa shape index (κ2) is 13.9. The number of carbonyl (C=O) groups is 2. The van der Waals surface area contributed by atoms with Gasteiger partial charge in [-0.25, -0.2) is 8.78 Å². The Morgan fingerprint density at radius 3 is 2.18 bits per heavy atom. The van der Waals surface area contributed by atoms with Crippen molar-refractivity contribution in [3.8, 4) is 0 Å². The lowest BCUT2D eigenvalue weighted by atomic mass is 9.65. The first-order chi connectivity index (χ1) is 23.7. The fourth-order valence-corrected chi connectivity index (χ4v) is 7.92. The first-order valence-electron chi connectivity index (χ1n) is 16.2. The Labute approximate surface area is 282 Å². The summed E-state index contributed by atoms with van der Waals surface area (Å²) in [7, 11) is 1.22. The standard InChI is InChI=1S/C36H34F8N2O4/c1-49-34(48)33-26-16-30-25-4-2-3-5-29(25)46(18-21-6-9-23(37)14-27(21)35(39,40)41)32(47)12-13-45(30)17-20(26)8-11-31(33)50-19-22-7-10-24(38)15-28(22)36(42,43)44/h2-7,9-10,14-15,20,26,30-31,33H,8,11-13,16-19H2,1H3/t20-,26-,30-,31-,33+/m0/s1. The minimum Gasteiger partial charge on any atom is -0.469 e. The lowest BCUT2D eigenvalue weighted by molar-refractivity contribution is -0.166. The normalized spacial score (nSPS) is 24.5. The zero-order valence-corrected chi connectivity index (χ0v) is 26.9. The maximum atomic E-state index is 13.9. The van der Waals surface area contributed by atoms with Crippen LogP contribution in [-0.2, 0) is 44.6 Å². The number of halogens is 8. The highest BCUT2D eigenvalue weighted by atomic mass is 19.4. The molecular formula is C36H34F8N2O4. The SMILES string of the molecule is COC(=O)[C@@H]1[C@H]2C[C@H]3c4ccccc4N(Cc4ccc(F)cc4C(F)(F)F)C(=O)CCN3C[C@@H]2CC[C@@H]1OCc1ccc(F)cc1C(F)(F)F. The summed E-state index contributed by atoms with van der Waals surface area (Å²) in [6.07, 6.45) is -9.18. The van der Waals surface area contributed by atoms with Gasteiger partial charge in [-0.1, -0.05) is 30.3 Å². The second-order valence-corrected chi connectivity index (χ2v) is 13.0. The highest BCUT2D eigenvalue weighted by molar-refractivity contribution is 5.94. The number of fused-ring (bicyclic) bond motifs is 4. The van der Waals surface area contributed by atoms with Gasteiger partial charge in [-0.05, 0) is 78.1 Å². The molecule has 5 atom stereocenters. The predicted molar refractivity (Wildman–Crippen MR) is 164 cm³/mol. The van der Waals surface area contributed by atoms with Crippen LogP contribution in [0.15, 0.2) is 60.7 Å². The highest BCUT2D eigenvalue weighted by Crippen LogP contribution is 2.50. The van der Waals surface area contributed by atoms with Gasteiger partial charge in [0.1, 0.15) is 11.6 Å². The number of rotatable bonds is 6. The van der Waals surface area contributed by atoms with Crippen LogP contribution in [-0.4, -0.2) is 43.1 Å². The molecule has 1 aliphatic carbocycles. The van der Waals surface area contributed by atoms with E-state index in [2.05, 4.69) is 4.90 Å². The van der Waals surface area contributed by atoms with Gasteiger partial charge in [0.25, 0.3) is 0 Å². The number of alkyl halides is 6. The van der Waals surface area contributed by atoms with Gasteiger partial charge in [-0.2, -0.15) is 26.3 Å². The zero-order valence-electron chi connectivity index (χ0n) is 26.9.